The van der Waals surface area contributed by atoms with Crippen LogP contribution in [-0.2, 0) is 9.53 Å². The lowest BCUT2D eigenvalue weighted by Gasteiger charge is -2.24. The van der Waals surface area contributed by atoms with E-state index in [2.05, 4.69) is 4.98 Å². The summed E-state index contributed by atoms with van der Waals surface area (Å²) in [5, 5.41) is 0. The number of carbonyl (C=O) groups excluding carboxylic acids is 2. The molecule has 1 heterocycles. The summed E-state index contributed by atoms with van der Waals surface area (Å²) >= 11 is 0. The van der Waals surface area contributed by atoms with Crippen LogP contribution in [0.2, 0.25) is 0 Å². The third kappa shape index (κ3) is 2.88. The molecule has 6 heteroatoms. The molecule has 6 nitrogen and oxygen atoms in total. The van der Waals surface area contributed by atoms with Gasteiger partial charge in [-0.3, -0.25) is 4.79 Å². The molecular weight excluding hydrogens is 236 g/mol. The smallest absolute Gasteiger partial charge is 0.423 e. The number of oxazole rings is 1. The van der Waals surface area contributed by atoms with Crippen LogP contribution in [0.3, 0.4) is 0 Å². The highest BCUT2D eigenvalue weighted by atomic mass is 16.6. The van der Waals surface area contributed by atoms with Gasteiger partial charge in [-0.2, -0.15) is 9.88 Å². The SMILES string of the molecule is CC(C)(C)OC(=O)N(C(=O)C1CC1)c1cocn1. The quantitative estimate of drug-likeness (QED) is 0.807. The first-order valence-corrected chi connectivity index (χ1v) is 5.83. The number of nitrogens with zero attached hydrogens (tertiary/aromatic N) is 2. The summed E-state index contributed by atoms with van der Waals surface area (Å²) < 4.78 is 10.0. The lowest BCUT2D eigenvalue weighted by Crippen LogP contribution is -2.42. The predicted octanol–water partition coefficient (Wildman–Crippen LogP) is 2.35. The van der Waals surface area contributed by atoms with Gasteiger partial charge in [-0.25, -0.2) is 4.79 Å². The Balaban J connectivity index is 2.19. The zero-order valence-electron chi connectivity index (χ0n) is 10.7. The second-order valence-electron chi connectivity index (χ2n) is 5.27. The summed E-state index contributed by atoms with van der Waals surface area (Å²) in [7, 11) is 0. The van der Waals surface area contributed by atoms with Crippen LogP contribution < -0.4 is 4.90 Å². The first-order chi connectivity index (χ1) is 8.38. The van der Waals surface area contributed by atoms with E-state index in [4.69, 9.17) is 9.15 Å². The molecule has 2 rings (SSSR count). The van der Waals surface area contributed by atoms with Crippen LogP contribution >= 0.6 is 0 Å². The minimum Gasteiger partial charge on any atom is -0.449 e. The maximum Gasteiger partial charge on any atom is 0.423 e. The predicted molar refractivity (Wildman–Crippen MR) is 62.9 cm³/mol. The lowest BCUT2D eigenvalue weighted by molar-refractivity contribution is -0.119. The Bertz CT molecular complexity index is 443. The molecule has 1 aliphatic rings. The number of hydrogen-bond acceptors (Lipinski definition) is 5. The summed E-state index contributed by atoms with van der Waals surface area (Å²) in [6.07, 6.45) is 3.32. The normalized spacial score (nSPS) is 15.3. The van der Waals surface area contributed by atoms with E-state index >= 15 is 0 Å². The number of aromatic nitrogens is 1. The minimum atomic E-state index is -0.715. The average molecular weight is 252 g/mol. The van der Waals surface area contributed by atoms with Crippen LogP contribution in [0, 0.1) is 5.92 Å². The summed E-state index contributed by atoms with van der Waals surface area (Å²) in [5.41, 5.74) is -0.664. The van der Waals surface area contributed by atoms with E-state index in [1.54, 1.807) is 20.8 Å². The van der Waals surface area contributed by atoms with Gasteiger partial charge in [0.15, 0.2) is 12.2 Å². The maximum atomic E-state index is 12.1. The van der Waals surface area contributed by atoms with Gasteiger partial charge in [0.2, 0.25) is 5.91 Å². The third-order valence-electron chi connectivity index (χ3n) is 2.37. The zero-order chi connectivity index (χ0) is 13.3. The fourth-order valence-corrected chi connectivity index (χ4v) is 1.43. The molecule has 0 saturated heterocycles. The second-order valence-corrected chi connectivity index (χ2v) is 5.27. The number of amides is 2. The van der Waals surface area contributed by atoms with Crippen molar-refractivity contribution in [2.75, 3.05) is 4.90 Å². The van der Waals surface area contributed by atoms with Gasteiger partial charge in [0.25, 0.3) is 0 Å². The number of imide groups is 1. The molecule has 1 fully saturated rings. The van der Waals surface area contributed by atoms with Gasteiger partial charge < -0.3 is 9.15 Å². The zero-order valence-corrected chi connectivity index (χ0v) is 10.7. The van der Waals surface area contributed by atoms with Crippen LogP contribution in [0.25, 0.3) is 0 Å². The van der Waals surface area contributed by atoms with E-state index in [0.717, 1.165) is 17.7 Å². The summed E-state index contributed by atoms with van der Waals surface area (Å²) in [6, 6.07) is 0. The van der Waals surface area contributed by atoms with Gasteiger partial charge in [-0.15, -0.1) is 0 Å². The first-order valence-electron chi connectivity index (χ1n) is 5.83. The van der Waals surface area contributed by atoms with Gasteiger partial charge in [0, 0.05) is 5.92 Å². The Morgan fingerprint density at radius 1 is 1.44 bits per heavy atom. The van der Waals surface area contributed by atoms with Gasteiger partial charge in [0.05, 0.1) is 0 Å². The van der Waals surface area contributed by atoms with Crippen LogP contribution in [0.15, 0.2) is 17.1 Å². The van der Waals surface area contributed by atoms with Crippen molar-refractivity contribution in [1.82, 2.24) is 4.98 Å². The number of carbonyl (C=O) groups is 2. The Morgan fingerprint density at radius 2 is 2.11 bits per heavy atom. The molecule has 18 heavy (non-hydrogen) atoms. The fourth-order valence-electron chi connectivity index (χ4n) is 1.43. The molecule has 0 aromatic carbocycles. The van der Waals surface area contributed by atoms with Gasteiger partial charge >= 0.3 is 6.09 Å². The minimum absolute atomic E-state index is 0.103. The van der Waals surface area contributed by atoms with E-state index in [1.807, 2.05) is 0 Å². The maximum absolute atomic E-state index is 12.1. The number of anilines is 1. The highest BCUT2D eigenvalue weighted by molar-refractivity contribution is 6.13. The van der Waals surface area contributed by atoms with Crippen molar-refractivity contribution in [2.24, 2.45) is 5.92 Å². The molecule has 0 radical (unpaired) electrons. The van der Waals surface area contributed by atoms with E-state index < -0.39 is 11.7 Å². The summed E-state index contributed by atoms with van der Waals surface area (Å²) in [6.45, 7) is 5.23. The van der Waals surface area contributed by atoms with Gasteiger partial charge in [0.1, 0.15) is 11.9 Å². The van der Waals surface area contributed by atoms with Crippen molar-refractivity contribution in [3.63, 3.8) is 0 Å². The Labute approximate surface area is 105 Å². The molecule has 98 valence electrons. The molecule has 0 spiro atoms. The molecule has 0 aliphatic heterocycles. The van der Waals surface area contributed by atoms with Crippen LogP contribution in [0.4, 0.5) is 10.6 Å². The highest BCUT2D eigenvalue weighted by Crippen LogP contribution is 2.33. The Kier molecular flexibility index (Phi) is 3.11. The largest absolute Gasteiger partial charge is 0.449 e. The van der Waals surface area contributed by atoms with E-state index in [0.29, 0.717) is 0 Å². The van der Waals surface area contributed by atoms with E-state index in [1.165, 1.54) is 12.7 Å². The molecule has 1 aliphatic carbocycles. The van der Waals surface area contributed by atoms with Crippen LogP contribution in [0.1, 0.15) is 33.6 Å². The molecule has 1 aromatic rings. The molecule has 0 atom stereocenters. The molecule has 2 amide bonds. The van der Waals surface area contributed by atoms with Gasteiger partial charge in [-0.1, -0.05) is 0 Å². The molecule has 0 unspecified atom stereocenters. The summed E-state index contributed by atoms with van der Waals surface area (Å²) in [4.78, 5) is 28.9. The highest BCUT2D eigenvalue weighted by Gasteiger charge is 2.39. The van der Waals surface area contributed by atoms with Crippen molar-refractivity contribution in [3.05, 3.63) is 12.7 Å². The lowest BCUT2D eigenvalue weighted by atomic mass is 10.2. The van der Waals surface area contributed by atoms with Crippen LogP contribution in [0.5, 0.6) is 0 Å². The second kappa shape index (κ2) is 4.44. The first kappa shape index (κ1) is 12.6. The number of ether oxygens (including phenoxy) is 1. The molecular formula is C12H16N2O4. The van der Waals surface area contributed by atoms with Crippen molar-refractivity contribution in [3.8, 4) is 0 Å². The summed E-state index contributed by atoms with van der Waals surface area (Å²) in [5.74, 6) is -0.214. The van der Waals surface area contributed by atoms with Crippen LogP contribution in [-0.4, -0.2) is 22.6 Å². The number of hydrogen-bond donors (Lipinski definition) is 0. The van der Waals surface area contributed by atoms with E-state index in [-0.39, 0.29) is 17.6 Å². The topological polar surface area (TPSA) is 72.6 Å². The molecule has 1 aromatic heterocycles. The van der Waals surface area contributed by atoms with E-state index in [9.17, 15) is 9.59 Å². The van der Waals surface area contributed by atoms with Crippen molar-refractivity contribution in [1.29, 1.82) is 0 Å². The fraction of sp³-hybridized carbons (Fsp3) is 0.583. The Hall–Kier alpha value is -1.85. The monoisotopic (exact) mass is 252 g/mol. The van der Waals surface area contributed by atoms with Crippen molar-refractivity contribution in [2.45, 2.75) is 39.2 Å². The third-order valence-corrected chi connectivity index (χ3v) is 2.37. The average Bonchev–Trinajstić information content (AvgIpc) is 2.95. The molecule has 0 bridgehead atoms. The van der Waals surface area contributed by atoms with Crippen molar-refractivity contribution < 1.29 is 18.7 Å². The van der Waals surface area contributed by atoms with Crippen molar-refractivity contribution >= 4 is 17.8 Å². The number of rotatable bonds is 2. The molecule has 0 N–H and O–H groups in total. The standard InChI is InChI=1S/C12H16N2O4/c1-12(2,3)18-11(16)14(9-6-17-7-13-9)10(15)8-4-5-8/h6-8H,4-5H2,1-3H3. The Morgan fingerprint density at radius 3 is 2.56 bits per heavy atom. The van der Waals surface area contributed by atoms with Gasteiger partial charge in [-0.05, 0) is 33.6 Å². The molecule has 1 saturated carbocycles.